The van der Waals surface area contributed by atoms with E-state index in [1.54, 1.807) is 24.4 Å². The summed E-state index contributed by atoms with van der Waals surface area (Å²) in [5.41, 5.74) is 2.47. The first-order valence-electron chi connectivity index (χ1n) is 11.5. The number of rotatable bonds is 10. The summed E-state index contributed by atoms with van der Waals surface area (Å²) < 4.78 is 25.0. The van der Waals surface area contributed by atoms with Crippen LogP contribution in [0.2, 0.25) is 0 Å². The molecular weight excluding hydrogens is 469 g/mol. The van der Waals surface area contributed by atoms with Gasteiger partial charge < -0.3 is 30.2 Å². The Balaban J connectivity index is 1.53. The number of aromatic amines is 1. The van der Waals surface area contributed by atoms with E-state index in [1.807, 2.05) is 6.07 Å². The van der Waals surface area contributed by atoms with Crippen molar-refractivity contribution in [1.82, 2.24) is 25.3 Å². The number of hydrogen-bond acceptors (Lipinski definition) is 9. The summed E-state index contributed by atoms with van der Waals surface area (Å²) in [7, 11) is 0. The molecule has 0 aliphatic carbocycles. The molecule has 0 saturated carbocycles. The summed E-state index contributed by atoms with van der Waals surface area (Å²) in [6.07, 6.45) is 1.84. The zero-order valence-electron chi connectivity index (χ0n) is 19.4. The lowest BCUT2D eigenvalue weighted by molar-refractivity contribution is -0.200. The SMILES string of the molecule is N#CCNC(=O)C1COC(Cc2nc(-c3ccc(F)cc3)c(-c3ccnc(NCCCO)n3)[nH]2)OC1. The van der Waals surface area contributed by atoms with Crippen molar-refractivity contribution in [1.29, 1.82) is 5.26 Å². The Hall–Kier alpha value is -3.92. The average molecular weight is 496 g/mol. The number of hydrogen-bond donors (Lipinski definition) is 4. The normalized spacial score (nSPS) is 17.4. The fourth-order valence-corrected chi connectivity index (χ4v) is 3.62. The monoisotopic (exact) mass is 495 g/mol. The minimum Gasteiger partial charge on any atom is -0.396 e. The largest absolute Gasteiger partial charge is 0.396 e. The number of ether oxygens (including phenoxy) is 2. The van der Waals surface area contributed by atoms with Gasteiger partial charge in [0.15, 0.2) is 6.29 Å². The van der Waals surface area contributed by atoms with Crippen LogP contribution in [0.4, 0.5) is 10.3 Å². The van der Waals surface area contributed by atoms with Crippen LogP contribution < -0.4 is 10.6 Å². The highest BCUT2D eigenvalue weighted by molar-refractivity contribution is 5.79. The van der Waals surface area contributed by atoms with Gasteiger partial charge in [0.1, 0.15) is 18.2 Å². The van der Waals surface area contributed by atoms with E-state index in [0.29, 0.717) is 47.4 Å². The van der Waals surface area contributed by atoms with Crippen LogP contribution in [-0.4, -0.2) is 70.1 Å². The molecule has 0 atom stereocenters. The average Bonchev–Trinajstić information content (AvgIpc) is 3.32. The second-order valence-electron chi connectivity index (χ2n) is 8.06. The lowest BCUT2D eigenvalue weighted by atomic mass is 10.1. The number of aliphatic hydroxyl groups is 1. The van der Waals surface area contributed by atoms with Crippen LogP contribution >= 0.6 is 0 Å². The van der Waals surface area contributed by atoms with Crippen molar-refractivity contribution in [2.75, 3.05) is 38.2 Å². The Kier molecular flexibility index (Phi) is 8.51. The third-order valence-corrected chi connectivity index (χ3v) is 5.44. The number of nitrogens with zero attached hydrogens (tertiary/aromatic N) is 4. The first-order chi connectivity index (χ1) is 17.6. The zero-order valence-corrected chi connectivity index (χ0v) is 19.4. The molecule has 1 aliphatic heterocycles. The number of nitrogens with one attached hydrogen (secondary N) is 3. The van der Waals surface area contributed by atoms with Crippen LogP contribution in [-0.2, 0) is 20.7 Å². The molecule has 3 heterocycles. The van der Waals surface area contributed by atoms with Crippen molar-refractivity contribution in [2.45, 2.75) is 19.1 Å². The third kappa shape index (κ3) is 6.39. The van der Waals surface area contributed by atoms with Gasteiger partial charge in [0.2, 0.25) is 11.9 Å². The van der Waals surface area contributed by atoms with Gasteiger partial charge in [-0.2, -0.15) is 5.26 Å². The molecule has 1 fully saturated rings. The molecule has 3 aromatic rings. The maximum atomic E-state index is 13.5. The molecule has 4 N–H and O–H groups in total. The van der Waals surface area contributed by atoms with E-state index in [9.17, 15) is 9.18 Å². The molecule has 4 rings (SSSR count). The lowest BCUT2D eigenvalue weighted by Crippen LogP contribution is -2.42. The van der Waals surface area contributed by atoms with Gasteiger partial charge in [-0.15, -0.1) is 0 Å². The van der Waals surface area contributed by atoms with Crippen LogP contribution in [0.1, 0.15) is 12.2 Å². The van der Waals surface area contributed by atoms with Gasteiger partial charge in [-0.05, 0) is 36.8 Å². The van der Waals surface area contributed by atoms with Gasteiger partial charge in [-0.25, -0.2) is 19.3 Å². The molecule has 11 nitrogen and oxygen atoms in total. The highest BCUT2D eigenvalue weighted by Gasteiger charge is 2.28. The Labute approximate surface area is 206 Å². The molecule has 1 aromatic carbocycles. The molecule has 1 amide bonds. The van der Waals surface area contributed by atoms with E-state index in [4.69, 9.17) is 24.8 Å². The number of H-pyrrole nitrogens is 1. The van der Waals surface area contributed by atoms with Crippen molar-refractivity contribution in [3.63, 3.8) is 0 Å². The summed E-state index contributed by atoms with van der Waals surface area (Å²) in [6, 6.07) is 9.60. The Morgan fingerprint density at radius 2 is 2.00 bits per heavy atom. The van der Waals surface area contributed by atoms with Crippen LogP contribution in [0.5, 0.6) is 0 Å². The van der Waals surface area contributed by atoms with Crippen molar-refractivity contribution in [2.24, 2.45) is 5.92 Å². The summed E-state index contributed by atoms with van der Waals surface area (Å²) in [4.78, 5) is 28.8. The van der Waals surface area contributed by atoms with Crippen molar-refractivity contribution in [3.8, 4) is 28.7 Å². The second kappa shape index (κ2) is 12.2. The number of carbonyl (C=O) groups is 1. The summed E-state index contributed by atoms with van der Waals surface area (Å²) in [5, 5.41) is 23.2. The van der Waals surface area contributed by atoms with E-state index in [-0.39, 0.29) is 44.5 Å². The molecule has 1 aliphatic rings. The van der Waals surface area contributed by atoms with Gasteiger partial charge in [0.05, 0.1) is 48.7 Å². The number of halogens is 1. The van der Waals surface area contributed by atoms with E-state index < -0.39 is 12.2 Å². The molecule has 2 aromatic heterocycles. The highest BCUT2D eigenvalue weighted by Crippen LogP contribution is 2.30. The molecule has 0 unspecified atom stereocenters. The first kappa shape index (κ1) is 25.2. The fourth-order valence-electron chi connectivity index (χ4n) is 3.62. The minimum absolute atomic E-state index is 0.0574. The molecule has 36 heavy (non-hydrogen) atoms. The Morgan fingerprint density at radius 3 is 2.72 bits per heavy atom. The van der Waals surface area contributed by atoms with Gasteiger partial charge in [-0.3, -0.25) is 4.79 Å². The molecule has 0 spiro atoms. The molecule has 188 valence electrons. The van der Waals surface area contributed by atoms with Crippen molar-refractivity contribution < 1.29 is 23.8 Å². The molecule has 0 bridgehead atoms. The van der Waals surface area contributed by atoms with Crippen LogP contribution in [0.25, 0.3) is 22.6 Å². The lowest BCUT2D eigenvalue weighted by Gasteiger charge is -2.28. The number of imidazole rings is 1. The van der Waals surface area contributed by atoms with Gasteiger partial charge in [0.25, 0.3) is 0 Å². The quantitative estimate of drug-likeness (QED) is 0.242. The molecule has 0 radical (unpaired) electrons. The fraction of sp³-hybridized carbons (Fsp3) is 0.375. The van der Waals surface area contributed by atoms with Gasteiger partial charge in [0, 0.05) is 24.9 Å². The van der Waals surface area contributed by atoms with Crippen molar-refractivity contribution in [3.05, 3.63) is 48.2 Å². The Bertz CT molecular complexity index is 1200. The van der Waals surface area contributed by atoms with Crippen molar-refractivity contribution >= 4 is 11.9 Å². The zero-order chi connectivity index (χ0) is 25.3. The molecular formula is C24H26FN7O4. The number of amides is 1. The third-order valence-electron chi connectivity index (χ3n) is 5.44. The number of nitriles is 1. The van der Waals surface area contributed by atoms with E-state index >= 15 is 0 Å². The van der Waals surface area contributed by atoms with Crippen LogP contribution in [0.15, 0.2) is 36.5 Å². The summed E-state index contributed by atoms with van der Waals surface area (Å²) in [5.74, 6) is -0.168. The number of carbonyl (C=O) groups excluding carboxylic acids is 1. The van der Waals surface area contributed by atoms with Crippen LogP contribution in [0, 0.1) is 23.1 Å². The predicted octanol–water partition coefficient (Wildman–Crippen LogP) is 1.64. The number of aliphatic hydroxyl groups excluding tert-OH is 1. The van der Waals surface area contributed by atoms with Gasteiger partial charge in [-0.1, -0.05) is 0 Å². The van der Waals surface area contributed by atoms with E-state index in [2.05, 4.69) is 25.6 Å². The maximum Gasteiger partial charge on any atom is 0.228 e. The van der Waals surface area contributed by atoms with E-state index in [1.165, 1.54) is 12.1 Å². The molecule has 1 saturated heterocycles. The summed E-state index contributed by atoms with van der Waals surface area (Å²) >= 11 is 0. The van der Waals surface area contributed by atoms with Gasteiger partial charge >= 0.3 is 0 Å². The topological polar surface area (TPSA) is 158 Å². The number of aromatic nitrogens is 4. The second-order valence-corrected chi connectivity index (χ2v) is 8.06. The smallest absolute Gasteiger partial charge is 0.228 e. The predicted molar refractivity (Wildman–Crippen MR) is 127 cm³/mol. The minimum atomic E-state index is -0.619. The molecule has 12 heteroatoms. The van der Waals surface area contributed by atoms with E-state index in [0.717, 1.165) is 0 Å². The number of benzene rings is 1. The Morgan fingerprint density at radius 1 is 1.22 bits per heavy atom. The number of anilines is 1. The first-order valence-corrected chi connectivity index (χ1v) is 11.5. The maximum absolute atomic E-state index is 13.5. The summed E-state index contributed by atoms with van der Waals surface area (Å²) in [6.45, 7) is 0.832. The standard InChI is InChI=1S/C24H26FN7O4/c25-17-4-2-15(3-5-17)21-22(18-6-9-29-24(30-18)28-8-1-11-33)32-19(31-21)12-20-35-13-16(14-36-20)23(34)27-10-7-26/h2-6,9,16,20,33H,1,8,10-14H2,(H,27,34)(H,31,32)(H,28,29,30). The van der Waals surface area contributed by atoms with Crippen LogP contribution in [0.3, 0.4) is 0 Å². The highest BCUT2D eigenvalue weighted by atomic mass is 19.1.